The zero-order valence-electron chi connectivity index (χ0n) is 15.0. The van der Waals surface area contributed by atoms with Gasteiger partial charge in [0.1, 0.15) is 11.9 Å². The molecule has 7 heteroatoms. The maximum atomic E-state index is 12.9. The van der Waals surface area contributed by atoms with Crippen LogP contribution in [-0.2, 0) is 24.3 Å². The van der Waals surface area contributed by atoms with Crippen LogP contribution in [0.2, 0.25) is 0 Å². The Balaban J connectivity index is 1.38. The lowest BCUT2D eigenvalue weighted by Gasteiger charge is -2.24. The summed E-state index contributed by atoms with van der Waals surface area (Å²) >= 11 is 0. The molecule has 2 aliphatic heterocycles. The Labute approximate surface area is 156 Å². The van der Waals surface area contributed by atoms with E-state index in [1.54, 1.807) is 11.8 Å². The number of nitrogens with one attached hydrogen (secondary N) is 1. The third kappa shape index (κ3) is 2.34. The van der Waals surface area contributed by atoms with Crippen molar-refractivity contribution < 1.29 is 9.59 Å². The summed E-state index contributed by atoms with van der Waals surface area (Å²) in [5, 5.41) is 13.2. The molecule has 0 bridgehead atoms. The minimum atomic E-state index is -0.614. The number of hydrogen-bond donors (Lipinski definition) is 1. The van der Waals surface area contributed by atoms with Gasteiger partial charge in [-0.05, 0) is 30.9 Å². The van der Waals surface area contributed by atoms with Gasteiger partial charge in [0.05, 0.1) is 12.2 Å². The maximum absolute atomic E-state index is 12.9. The number of hydrogen-bond acceptors (Lipinski definition) is 4. The van der Waals surface area contributed by atoms with Gasteiger partial charge in [-0.3, -0.25) is 14.5 Å². The third-order valence-electron chi connectivity index (χ3n) is 5.47. The molecule has 1 N–H and O–H groups in total. The summed E-state index contributed by atoms with van der Waals surface area (Å²) in [5.41, 5.74) is 1.44. The van der Waals surface area contributed by atoms with Crippen LogP contribution in [0.15, 0.2) is 36.4 Å². The summed E-state index contributed by atoms with van der Waals surface area (Å²) in [5.74, 6) is 1.40. The molecule has 3 aromatic rings. The van der Waals surface area contributed by atoms with Crippen LogP contribution in [0.4, 0.5) is 5.69 Å². The minimum Gasteiger partial charge on any atom is -0.347 e. The molecule has 0 aliphatic carbocycles. The molecule has 5 rings (SSSR count). The molecule has 0 saturated carbocycles. The van der Waals surface area contributed by atoms with E-state index in [0.717, 1.165) is 47.5 Å². The Morgan fingerprint density at radius 1 is 1.22 bits per heavy atom. The quantitative estimate of drug-likeness (QED) is 0.771. The summed E-state index contributed by atoms with van der Waals surface area (Å²) in [7, 11) is 0. The fraction of sp³-hybridized carbons (Fsp3) is 0.300. The Bertz CT molecular complexity index is 1080. The monoisotopic (exact) mass is 361 g/mol. The van der Waals surface area contributed by atoms with Gasteiger partial charge >= 0.3 is 0 Å². The van der Waals surface area contributed by atoms with Crippen molar-refractivity contribution in [3.8, 4) is 0 Å². The summed E-state index contributed by atoms with van der Waals surface area (Å²) in [6.07, 6.45) is 1.99. The van der Waals surface area contributed by atoms with Crippen LogP contribution in [0.25, 0.3) is 10.8 Å². The molecule has 7 nitrogen and oxygen atoms in total. The first kappa shape index (κ1) is 16.0. The highest BCUT2D eigenvalue weighted by Crippen LogP contribution is 2.38. The Hall–Kier alpha value is -3.22. The van der Waals surface area contributed by atoms with Gasteiger partial charge in [0, 0.05) is 23.9 Å². The van der Waals surface area contributed by atoms with Crippen molar-refractivity contribution in [3.63, 3.8) is 0 Å². The predicted molar refractivity (Wildman–Crippen MR) is 100 cm³/mol. The molecule has 27 heavy (non-hydrogen) atoms. The topological polar surface area (TPSA) is 80.1 Å². The van der Waals surface area contributed by atoms with Gasteiger partial charge in [-0.15, -0.1) is 10.2 Å². The van der Waals surface area contributed by atoms with Crippen LogP contribution < -0.4 is 10.2 Å². The lowest BCUT2D eigenvalue weighted by Crippen LogP contribution is -2.46. The summed E-state index contributed by atoms with van der Waals surface area (Å²) < 4.78 is 2.06. The lowest BCUT2D eigenvalue weighted by molar-refractivity contribution is -0.122. The number of amides is 2. The number of fused-ring (bicyclic) bond motifs is 1. The van der Waals surface area contributed by atoms with E-state index in [0.29, 0.717) is 12.1 Å². The number of anilines is 1. The average molecular weight is 361 g/mol. The first-order valence-electron chi connectivity index (χ1n) is 9.19. The molecule has 136 valence electrons. The smallest absolute Gasteiger partial charge is 0.259 e. The largest absolute Gasteiger partial charge is 0.347 e. The van der Waals surface area contributed by atoms with Crippen molar-refractivity contribution in [1.29, 1.82) is 0 Å². The maximum Gasteiger partial charge on any atom is 0.259 e. The van der Waals surface area contributed by atoms with Crippen molar-refractivity contribution in [2.75, 3.05) is 4.90 Å². The molecular weight excluding hydrogens is 342 g/mol. The van der Waals surface area contributed by atoms with E-state index in [1.807, 2.05) is 36.4 Å². The average Bonchev–Trinajstić information content (AvgIpc) is 3.36. The molecular formula is C20H19N5O2. The Kier molecular flexibility index (Phi) is 3.50. The third-order valence-corrected chi connectivity index (χ3v) is 5.47. The molecule has 1 atom stereocenters. The van der Waals surface area contributed by atoms with Crippen LogP contribution in [0.1, 0.15) is 35.4 Å². The molecule has 2 aliphatic rings. The van der Waals surface area contributed by atoms with E-state index in [1.165, 1.54) is 0 Å². The van der Waals surface area contributed by atoms with Gasteiger partial charge in [0.2, 0.25) is 5.91 Å². The van der Waals surface area contributed by atoms with Gasteiger partial charge in [-0.1, -0.05) is 24.3 Å². The van der Waals surface area contributed by atoms with Gasteiger partial charge in [0.15, 0.2) is 5.82 Å². The number of carbonyl (C=O) groups is 2. The number of aryl methyl sites for hydroxylation is 1. The molecule has 1 unspecified atom stereocenters. The van der Waals surface area contributed by atoms with Crippen LogP contribution in [0.3, 0.4) is 0 Å². The second-order valence-electron chi connectivity index (χ2n) is 7.04. The molecule has 2 amide bonds. The van der Waals surface area contributed by atoms with Gasteiger partial charge in [-0.25, -0.2) is 0 Å². The van der Waals surface area contributed by atoms with Crippen molar-refractivity contribution in [2.45, 2.75) is 38.9 Å². The summed E-state index contributed by atoms with van der Waals surface area (Å²) in [6.45, 7) is 2.96. The molecule has 0 spiro atoms. The van der Waals surface area contributed by atoms with Gasteiger partial charge in [-0.2, -0.15) is 0 Å². The number of carbonyl (C=O) groups excluding carboxylic acids is 2. The first-order valence-corrected chi connectivity index (χ1v) is 9.19. The number of nitrogens with zero attached hydrogens (tertiary/aromatic N) is 4. The summed E-state index contributed by atoms with van der Waals surface area (Å²) in [4.78, 5) is 27.3. The van der Waals surface area contributed by atoms with Crippen molar-refractivity contribution in [2.24, 2.45) is 0 Å². The number of rotatable bonds is 4. The number of benzene rings is 2. The highest BCUT2D eigenvalue weighted by atomic mass is 16.2. The van der Waals surface area contributed by atoms with Crippen molar-refractivity contribution >= 4 is 28.3 Å². The van der Waals surface area contributed by atoms with Gasteiger partial charge in [0.25, 0.3) is 5.91 Å². The molecule has 0 radical (unpaired) electrons. The Morgan fingerprint density at radius 2 is 2.04 bits per heavy atom. The van der Waals surface area contributed by atoms with E-state index in [-0.39, 0.29) is 11.8 Å². The highest BCUT2D eigenvalue weighted by Gasteiger charge is 2.35. The van der Waals surface area contributed by atoms with Crippen LogP contribution in [-0.4, -0.2) is 32.6 Å². The van der Waals surface area contributed by atoms with Crippen LogP contribution >= 0.6 is 0 Å². The zero-order valence-corrected chi connectivity index (χ0v) is 15.0. The molecule has 0 fully saturated rings. The van der Waals surface area contributed by atoms with E-state index >= 15 is 0 Å². The van der Waals surface area contributed by atoms with Gasteiger partial charge < -0.3 is 9.88 Å². The lowest BCUT2D eigenvalue weighted by atomic mass is 10.1. The van der Waals surface area contributed by atoms with E-state index in [2.05, 4.69) is 20.1 Å². The fourth-order valence-corrected chi connectivity index (χ4v) is 4.10. The minimum absolute atomic E-state index is 0.132. The zero-order chi connectivity index (χ0) is 18.5. The molecule has 0 saturated heterocycles. The van der Waals surface area contributed by atoms with Crippen LogP contribution in [0.5, 0.6) is 0 Å². The van der Waals surface area contributed by atoms with Crippen molar-refractivity contribution in [3.05, 3.63) is 53.6 Å². The Morgan fingerprint density at radius 3 is 2.89 bits per heavy atom. The normalized spacial score (nSPS) is 16.0. The van der Waals surface area contributed by atoms with E-state index in [4.69, 9.17) is 0 Å². The second kappa shape index (κ2) is 5.90. The fourth-order valence-electron chi connectivity index (χ4n) is 4.10. The summed E-state index contributed by atoms with van der Waals surface area (Å²) in [6, 6.07) is 10.9. The molecule has 1 aromatic heterocycles. The molecule has 2 aromatic carbocycles. The SMILES string of the molecule is CC(C(=O)NCc1nnc2n1CCC2)N1C(=O)c2cccc3cccc1c23. The highest BCUT2D eigenvalue weighted by molar-refractivity contribution is 6.26. The van der Waals surface area contributed by atoms with E-state index in [9.17, 15) is 9.59 Å². The number of aromatic nitrogens is 3. The standard InChI is InChI=1S/C20H19N5O2/c1-12(19(26)21-11-17-23-22-16-9-4-10-24(16)17)25-15-8-3-6-13-5-2-7-14(18(13)15)20(25)27/h2-3,5-8,12H,4,9-11H2,1H3,(H,21,26). The van der Waals surface area contributed by atoms with E-state index < -0.39 is 6.04 Å². The van der Waals surface area contributed by atoms with Crippen LogP contribution in [0, 0.1) is 0 Å². The first-order chi connectivity index (χ1) is 13.1. The second-order valence-corrected chi connectivity index (χ2v) is 7.04. The van der Waals surface area contributed by atoms with Crippen molar-refractivity contribution in [1.82, 2.24) is 20.1 Å². The molecule has 3 heterocycles. The predicted octanol–water partition coefficient (Wildman–Crippen LogP) is 2.04.